The van der Waals surface area contributed by atoms with E-state index >= 15 is 0 Å². The van der Waals surface area contributed by atoms with Gasteiger partial charge in [0.25, 0.3) is 5.69 Å². The zero-order chi connectivity index (χ0) is 14.5. The first kappa shape index (κ1) is 13.8. The summed E-state index contributed by atoms with van der Waals surface area (Å²) >= 11 is 0. The number of nitro benzene ring substituents is 1. The van der Waals surface area contributed by atoms with Crippen LogP contribution in [0.4, 0.5) is 11.4 Å². The van der Waals surface area contributed by atoms with Gasteiger partial charge in [0.2, 0.25) is 0 Å². The van der Waals surface area contributed by atoms with Gasteiger partial charge in [0.1, 0.15) is 0 Å². The van der Waals surface area contributed by atoms with E-state index in [0.29, 0.717) is 6.54 Å². The van der Waals surface area contributed by atoms with Crippen LogP contribution in [0.1, 0.15) is 12.5 Å². The monoisotopic (exact) mass is 273 g/mol. The molecule has 1 aromatic carbocycles. The first-order chi connectivity index (χ1) is 9.60. The third-order valence-corrected chi connectivity index (χ3v) is 2.88. The average molecular weight is 273 g/mol. The Morgan fingerprint density at radius 3 is 2.55 bits per heavy atom. The van der Waals surface area contributed by atoms with E-state index in [1.54, 1.807) is 29.1 Å². The van der Waals surface area contributed by atoms with Crippen molar-refractivity contribution in [3.63, 3.8) is 0 Å². The first-order valence-corrected chi connectivity index (χ1v) is 6.27. The molecule has 0 aliphatic heterocycles. The Morgan fingerprint density at radius 2 is 1.95 bits per heavy atom. The number of benzene rings is 1. The maximum Gasteiger partial charge on any atom is 0.269 e. The van der Waals surface area contributed by atoms with Gasteiger partial charge in [-0.05, 0) is 13.0 Å². The molecule has 0 atom stereocenters. The second-order valence-corrected chi connectivity index (χ2v) is 4.34. The Hall–Kier alpha value is -2.63. The normalized spacial score (nSPS) is 10.2. The van der Waals surface area contributed by atoms with Crippen molar-refractivity contribution in [2.24, 2.45) is 0 Å². The Bertz CT molecular complexity index is 659. The van der Waals surface area contributed by atoms with Crippen LogP contribution in [0.3, 0.4) is 0 Å². The maximum atomic E-state index is 11.1. The number of non-ortho nitro benzene ring substituents is 1. The van der Waals surface area contributed by atoms with E-state index in [4.69, 9.17) is 0 Å². The van der Waals surface area contributed by atoms with Crippen LogP contribution in [-0.2, 0) is 6.54 Å². The summed E-state index contributed by atoms with van der Waals surface area (Å²) in [7, 11) is 0. The Kier molecular flexibility index (Phi) is 4.14. The number of pyridine rings is 1. The smallest absolute Gasteiger partial charge is 0.269 e. The number of rotatable bonds is 5. The van der Waals surface area contributed by atoms with Crippen molar-refractivity contribution in [3.05, 3.63) is 68.6 Å². The molecular formula is C14H15N3O3. The molecule has 6 heteroatoms. The summed E-state index contributed by atoms with van der Waals surface area (Å²) in [6.07, 6.45) is 3.33. The van der Waals surface area contributed by atoms with Crippen LogP contribution in [0.2, 0.25) is 0 Å². The fraction of sp³-hybridized carbons (Fsp3) is 0.214. The molecule has 0 spiro atoms. The molecule has 20 heavy (non-hydrogen) atoms. The lowest BCUT2D eigenvalue weighted by Gasteiger charge is -2.12. The van der Waals surface area contributed by atoms with Crippen LogP contribution in [0, 0.1) is 10.1 Å². The molecule has 104 valence electrons. The van der Waals surface area contributed by atoms with Crippen LogP contribution in [0.5, 0.6) is 0 Å². The van der Waals surface area contributed by atoms with E-state index in [1.807, 2.05) is 6.92 Å². The van der Waals surface area contributed by atoms with Crippen molar-refractivity contribution >= 4 is 11.4 Å². The standard InChI is InChI=1S/C14H15N3O3/c1-2-15-14-4-3-12(17(19)20)9-11(14)10-16-7-5-13(18)6-8-16/h3-9,15H,2,10H2,1H3. The van der Waals surface area contributed by atoms with Gasteiger partial charge in [-0.1, -0.05) is 0 Å². The fourth-order valence-corrected chi connectivity index (χ4v) is 1.93. The van der Waals surface area contributed by atoms with Crippen molar-refractivity contribution in [2.75, 3.05) is 11.9 Å². The summed E-state index contributed by atoms with van der Waals surface area (Å²) in [4.78, 5) is 21.5. The van der Waals surface area contributed by atoms with E-state index in [1.165, 1.54) is 18.2 Å². The van der Waals surface area contributed by atoms with Crippen LogP contribution in [0.15, 0.2) is 47.5 Å². The Labute approximate surface area is 115 Å². The number of aromatic nitrogens is 1. The first-order valence-electron chi connectivity index (χ1n) is 6.27. The molecule has 0 radical (unpaired) electrons. The number of nitrogens with one attached hydrogen (secondary N) is 1. The lowest BCUT2D eigenvalue weighted by atomic mass is 10.1. The van der Waals surface area contributed by atoms with Crippen LogP contribution in [0.25, 0.3) is 0 Å². The topological polar surface area (TPSA) is 77.2 Å². The van der Waals surface area contributed by atoms with E-state index in [0.717, 1.165) is 17.8 Å². The predicted molar refractivity (Wildman–Crippen MR) is 77.1 cm³/mol. The summed E-state index contributed by atoms with van der Waals surface area (Å²) in [5.74, 6) is 0. The average Bonchev–Trinajstić information content (AvgIpc) is 2.43. The molecule has 0 unspecified atom stereocenters. The molecular weight excluding hydrogens is 258 g/mol. The van der Waals surface area contributed by atoms with E-state index in [9.17, 15) is 14.9 Å². The van der Waals surface area contributed by atoms with Crippen LogP contribution < -0.4 is 10.7 Å². The molecule has 1 aromatic heterocycles. The molecule has 6 nitrogen and oxygen atoms in total. The number of nitrogens with zero attached hydrogens (tertiary/aromatic N) is 2. The van der Waals surface area contributed by atoms with E-state index in [2.05, 4.69) is 5.32 Å². The second-order valence-electron chi connectivity index (χ2n) is 4.34. The molecule has 2 aromatic rings. The van der Waals surface area contributed by atoms with Gasteiger partial charge in [-0.25, -0.2) is 0 Å². The zero-order valence-corrected chi connectivity index (χ0v) is 11.1. The van der Waals surface area contributed by atoms with Crippen LogP contribution >= 0.6 is 0 Å². The van der Waals surface area contributed by atoms with Gasteiger partial charge in [0.15, 0.2) is 5.43 Å². The van der Waals surface area contributed by atoms with Crippen molar-refractivity contribution in [1.29, 1.82) is 0 Å². The highest BCUT2D eigenvalue weighted by Gasteiger charge is 2.10. The molecule has 0 aliphatic carbocycles. The molecule has 0 amide bonds. The van der Waals surface area contributed by atoms with Gasteiger partial charge in [-0.15, -0.1) is 0 Å². The molecule has 0 saturated carbocycles. The third kappa shape index (κ3) is 3.23. The number of hydrogen-bond donors (Lipinski definition) is 1. The second kappa shape index (κ2) is 6.01. The van der Waals surface area contributed by atoms with E-state index < -0.39 is 4.92 Å². The molecule has 0 saturated heterocycles. The predicted octanol–water partition coefficient (Wildman–Crippen LogP) is 2.24. The SMILES string of the molecule is CCNc1ccc([N+](=O)[O-])cc1Cn1ccc(=O)cc1. The van der Waals surface area contributed by atoms with Gasteiger partial charge in [0, 0.05) is 61.0 Å². The highest BCUT2D eigenvalue weighted by Crippen LogP contribution is 2.22. The lowest BCUT2D eigenvalue weighted by molar-refractivity contribution is -0.384. The summed E-state index contributed by atoms with van der Waals surface area (Å²) in [6.45, 7) is 3.16. The fourth-order valence-electron chi connectivity index (χ4n) is 1.93. The summed E-state index contributed by atoms with van der Waals surface area (Å²) in [5.41, 5.74) is 1.66. The number of nitro groups is 1. The van der Waals surface area contributed by atoms with Gasteiger partial charge >= 0.3 is 0 Å². The molecule has 0 fully saturated rings. The molecule has 2 rings (SSSR count). The molecule has 0 bridgehead atoms. The van der Waals surface area contributed by atoms with Crippen molar-refractivity contribution in [2.45, 2.75) is 13.5 Å². The Morgan fingerprint density at radius 1 is 1.25 bits per heavy atom. The lowest BCUT2D eigenvalue weighted by Crippen LogP contribution is -2.08. The van der Waals surface area contributed by atoms with Gasteiger partial charge in [0.05, 0.1) is 4.92 Å². The van der Waals surface area contributed by atoms with Crippen molar-refractivity contribution in [3.8, 4) is 0 Å². The maximum absolute atomic E-state index is 11.1. The summed E-state index contributed by atoms with van der Waals surface area (Å²) in [6, 6.07) is 7.66. The van der Waals surface area contributed by atoms with Gasteiger partial charge in [-0.2, -0.15) is 0 Å². The van der Waals surface area contributed by atoms with Gasteiger partial charge in [-0.3, -0.25) is 14.9 Å². The van der Waals surface area contributed by atoms with Crippen LogP contribution in [-0.4, -0.2) is 16.0 Å². The summed E-state index contributed by atoms with van der Waals surface area (Å²) < 4.78 is 1.81. The molecule has 0 aliphatic rings. The zero-order valence-electron chi connectivity index (χ0n) is 11.1. The largest absolute Gasteiger partial charge is 0.385 e. The van der Waals surface area contributed by atoms with E-state index in [-0.39, 0.29) is 11.1 Å². The highest BCUT2D eigenvalue weighted by molar-refractivity contribution is 5.56. The minimum atomic E-state index is -0.412. The number of anilines is 1. The summed E-state index contributed by atoms with van der Waals surface area (Å²) in [5, 5.41) is 14.0. The quantitative estimate of drug-likeness (QED) is 0.669. The number of hydrogen-bond acceptors (Lipinski definition) is 4. The third-order valence-electron chi connectivity index (χ3n) is 2.88. The van der Waals surface area contributed by atoms with Crippen molar-refractivity contribution < 1.29 is 4.92 Å². The molecule has 1 heterocycles. The highest BCUT2D eigenvalue weighted by atomic mass is 16.6. The van der Waals surface area contributed by atoms with Gasteiger partial charge < -0.3 is 9.88 Å². The Balaban J connectivity index is 2.36. The minimum Gasteiger partial charge on any atom is -0.385 e. The molecule has 1 N–H and O–H groups in total. The minimum absolute atomic E-state index is 0.0581. The van der Waals surface area contributed by atoms with Crippen molar-refractivity contribution in [1.82, 2.24) is 4.57 Å².